The summed E-state index contributed by atoms with van der Waals surface area (Å²) < 4.78 is 41.3. The van der Waals surface area contributed by atoms with Crippen molar-refractivity contribution in [1.82, 2.24) is 24.9 Å². The standard InChI is InChI=1S/C39H48N4O3S.C3H4F3NOS/c1-5-6-7-8-11-24-46-32-18-16-29(17-19-32)31-26-40-36(41-27-31)30-14-12-28(13-15-30)25-33(38(45)43-22-9-10-23-43)42-37(44)34-20-21-35(47-34)39(2,3)4;4-3(5,6)1-9-7-2-8/h12-21,26-27,33H,5-11,22-25H2,1-4H3,(H,42,44);2H,1H2,(H,7,8). The van der Waals surface area contributed by atoms with E-state index >= 15 is 0 Å². The van der Waals surface area contributed by atoms with Crippen molar-refractivity contribution in [2.45, 2.75) is 96.7 Å². The Morgan fingerprint density at radius 3 is 2.12 bits per heavy atom. The lowest BCUT2D eigenvalue weighted by Gasteiger charge is -2.24. The molecule has 56 heavy (non-hydrogen) atoms. The monoisotopic (exact) mass is 811 g/mol. The van der Waals surface area contributed by atoms with E-state index in [2.05, 4.69) is 43.0 Å². The van der Waals surface area contributed by atoms with E-state index < -0.39 is 18.0 Å². The first-order valence-corrected chi connectivity index (χ1v) is 20.8. The molecule has 0 radical (unpaired) electrons. The Labute approximate surface area is 336 Å². The van der Waals surface area contributed by atoms with E-state index in [1.165, 1.54) is 37.0 Å². The number of hydrogen-bond acceptors (Lipinski definition) is 8. The van der Waals surface area contributed by atoms with Crippen molar-refractivity contribution in [3.05, 3.63) is 88.4 Å². The summed E-state index contributed by atoms with van der Waals surface area (Å²) >= 11 is 1.81. The molecule has 1 saturated heterocycles. The van der Waals surface area contributed by atoms with E-state index in [1.807, 2.05) is 82.7 Å². The summed E-state index contributed by atoms with van der Waals surface area (Å²) in [5.74, 6) is 0.244. The predicted octanol–water partition coefficient (Wildman–Crippen LogP) is 9.43. The quantitative estimate of drug-likeness (QED) is 0.0621. The van der Waals surface area contributed by atoms with E-state index in [9.17, 15) is 27.6 Å². The minimum atomic E-state index is -4.21. The zero-order chi connectivity index (χ0) is 40.6. The fourth-order valence-corrected chi connectivity index (χ4v) is 7.18. The number of rotatable bonds is 17. The number of aromatic nitrogens is 2. The summed E-state index contributed by atoms with van der Waals surface area (Å²) in [6.45, 7) is 10.9. The molecule has 0 spiro atoms. The maximum atomic E-state index is 13.5. The molecule has 302 valence electrons. The van der Waals surface area contributed by atoms with Crippen molar-refractivity contribution in [2.24, 2.45) is 0 Å². The number of carbonyl (C=O) groups is 3. The molecule has 9 nitrogen and oxygen atoms in total. The van der Waals surface area contributed by atoms with Crippen LogP contribution in [0.1, 0.15) is 92.8 Å². The van der Waals surface area contributed by atoms with Gasteiger partial charge in [-0.3, -0.25) is 14.4 Å². The number of halogens is 3. The molecule has 1 aliphatic heterocycles. The van der Waals surface area contributed by atoms with E-state index in [0.717, 1.165) is 71.8 Å². The first-order chi connectivity index (χ1) is 26.8. The second kappa shape index (κ2) is 21.8. The number of unbranched alkanes of at least 4 members (excludes halogenated alkanes) is 4. The molecular weight excluding hydrogens is 760 g/mol. The third-order valence-electron chi connectivity index (χ3n) is 8.97. The number of hydrogen-bond donors (Lipinski definition) is 2. The van der Waals surface area contributed by atoms with Gasteiger partial charge in [0.25, 0.3) is 5.91 Å². The van der Waals surface area contributed by atoms with Gasteiger partial charge in [0.05, 0.1) is 11.5 Å². The van der Waals surface area contributed by atoms with Gasteiger partial charge in [0.2, 0.25) is 12.3 Å². The molecule has 2 N–H and O–H groups in total. The minimum absolute atomic E-state index is 0.0200. The van der Waals surface area contributed by atoms with Gasteiger partial charge < -0.3 is 19.7 Å². The van der Waals surface area contributed by atoms with Gasteiger partial charge in [0.1, 0.15) is 17.5 Å². The van der Waals surface area contributed by atoms with E-state index in [-0.39, 0.29) is 23.6 Å². The lowest BCUT2D eigenvalue weighted by atomic mass is 9.95. The topological polar surface area (TPSA) is 114 Å². The van der Waals surface area contributed by atoms with E-state index in [4.69, 9.17) is 4.74 Å². The van der Waals surface area contributed by atoms with E-state index in [0.29, 0.717) is 29.1 Å². The number of likely N-dealkylation sites (tertiary alicyclic amines) is 1. The molecule has 1 aliphatic rings. The highest BCUT2D eigenvalue weighted by Gasteiger charge is 2.29. The van der Waals surface area contributed by atoms with Crippen LogP contribution < -0.4 is 14.8 Å². The van der Waals surface area contributed by atoms with Crippen LogP contribution >= 0.6 is 23.3 Å². The second-order valence-corrected chi connectivity index (χ2v) is 16.5. The average Bonchev–Trinajstić information content (AvgIpc) is 3.91. The van der Waals surface area contributed by atoms with Crippen LogP contribution in [0, 0.1) is 0 Å². The summed E-state index contributed by atoms with van der Waals surface area (Å²) in [7, 11) is 0. The summed E-state index contributed by atoms with van der Waals surface area (Å²) in [6.07, 6.45) is 8.20. The smallest absolute Gasteiger partial charge is 0.399 e. The first-order valence-electron chi connectivity index (χ1n) is 19.0. The van der Waals surface area contributed by atoms with Crippen molar-refractivity contribution in [3.8, 4) is 28.3 Å². The highest BCUT2D eigenvalue weighted by atomic mass is 32.2. The first kappa shape index (κ1) is 44.3. The number of benzene rings is 2. The molecule has 1 unspecified atom stereocenters. The fraction of sp³-hybridized carbons (Fsp3) is 0.452. The molecule has 1 fully saturated rings. The number of amides is 3. The van der Waals surface area contributed by atoms with Crippen LogP contribution in [-0.2, 0) is 21.4 Å². The Bertz CT molecular complexity index is 1810. The number of nitrogens with zero attached hydrogens (tertiary/aromatic N) is 3. The number of carbonyl (C=O) groups excluding carboxylic acids is 3. The van der Waals surface area contributed by atoms with Gasteiger partial charge in [-0.1, -0.05) is 89.8 Å². The molecule has 2 aromatic carbocycles. The van der Waals surface area contributed by atoms with Crippen molar-refractivity contribution in [1.29, 1.82) is 0 Å². The average molecular weight is 812 g/mol. The largest absolute Gasteiger partial charge is 0.494 e. The lowest BCUT2D eigenvalue weighted by Crippen LogP contribution is -2.48. The molecule has 3 amide bonds. The van der Waals surface area contributed by atoms with Crippen LogP contribution in [0.3, 0.4) is 0 Å². The van der Waals surface area contributed by atoms with Crippen molar-refractivity contribution in [3.63, 3.8) is 0 Å². The summed E-state index contributed by atoms with van der Waals surface area (Å²) in [6, 6.07) is 19.3. The summed E-state index contributed by atoms with van der Waals surface area (Å²) in [5.41, 5.74) is 3.80. The van der Waals surface area contributed by atoms with Crippen molar-refractivity contribution < 1.29 is 32.3 Å². The van der Waals surface area contributed by atoms with Crippen LogP contribution in [0.25, 0.3) is 22.5 Å². The van der Waals surface area contributed by atoms with Gasteiger partial charge in [-0.2, -0.15) is 13.2 Å². The van der Waals surface area contributed by atoms with Crippen LogP contribution in [0.2, 0.25) is 0 Å². The molecule has 1 atom stereocenters. The Morgan fingerprint density at radius 1 is 0.893 bits per heavy atom. The van der Waals surface area contributed by atoms with Crippen LogP contribution in [0.15, 0.2) is 73.1 Å². The molecule has 3 heterocycles. The van der Waals surface area contributed by atoms with Crippen molar-refractivity contribution in [2.75, 3.05) is 25.4 Å². The zero-order valence-electron chi connectivity index (χ0n) is 32.5. The maximum absolute atomic E-state index is 13.5. The van der Waals surface area contributed by atoms with Crippen LogP contribution in [0.5, 0.6) is 5.75 Å². The SMILES string of the molecule is CCCCCCCOc1ccc(-c2cnc(-c3ccc(CC(NC(=O)c4ccc(C(C)(C)C)s4)C(=O)N4CCCC4)cc3)nc2)cc1.O=CNSCC(F)(F)F. The molecule has 0 aliphatic carbocycles. The molecule has 4 aromatic rings. The Kier molecular flexibility index (Phi) is 17.2. The number of alkyl halides is 3. The summed E-state index contributed by atoms with van der Waals surface area (Å²) in [5, 5.41) is 3.06. The third-order valence-corrected chi connectivity index (χ3v) is 11.2. The van der Waals surface area contributed by atoms with Gasteiger partial charge in [0.15, 0.2) is 5.82 Å². The Hall–Kier alpha value is -4.43. The number of ether oxygens (including phenoxy) is 1. The lowest BCUT2D eigenvalue weighted by molar-refractivity contribution is -0.132. The molecule has 5 rings (SSSR count). The molecule has 14 heteroatoms. The highest BCUT2D eigenvalue weighted by Crippen LogP contribution is 2.30. The predicted molar refractivity (Wildman–Crippen MR) is 219 cm³/mol. The third kappa shape index (κ3) is 14.6. The zero-order valence-corrected chi connectivity index (χ0v) is 34.1. The van der Waals surface area contributed by atoms with Crippen LogP contribution in [-0.4, -0.2) is 70.8 Å². The maximum Gasteiger partial charge on any atom is 0.399 e. The second-order valence-electron chi connectivity index (χ2n) is 14.6. The van der Waals surface area contributed by atoms with E-state index in [1.54, 1.807) is 0 Å². The highest BCUT2D eigenvalue weighted by molar-refractivity contribution is 7.97. The normalized spacial score (nSPS) is 13.4. The molecule has 0 saturated carbocycles. The van der Waals surface area contributed by atoms with Gasteiger partial charge >= 0.3 is 6.18 Å². The Morgan fingerprint density at radius 2 is 1.54 bits per heavy atom. The molecule has 2 aromatic heterocycles. The molecule has 0 bridgehead atoms. The number of nitrogens with one attached hydrogen (secondary N) is 2. The van der Waals surface area contributed by atoms with Gasteiger partial charge in [-0.15, -0.1) is 11.3 Å². The fourth-order valence-electron chi connectivity index (χ4n) is 5.90. The summed E-state index contributed by atoms with van der Waals surface area (Å²) in [4.78, 5) is 49.1. The van der Waals surface area contributed by atoms with Crippen LogP contribution in [0.4, 0.5) is 13.2 Å². The molecular formula is C42H52F3N5O4S2. The van der Waals surface area contributed by atoms with Gasteiger partial charge in [-0.05, 0) is 72.0 Å². The Balaban J connectivity index is 0.000000689. The number of thiophene rings is 1. The van der Waals surface area contributed by atoms with Gasteiger partial charge in [0, 0.05) is 47.9 Å². The van der Waals surface area contributed by atoms with Gasteiger partial charge in [-0.25, -0.2) is 9.97 Å². The minimum Gasteiger partial charge on any atom is -0.494 e. The van der Waals surface area contributed by atoms with Crippen molar-refractivity contribution >= 4 is 41.5 Å².